The molecule has 0 saturated heterocycles. The second kappa shape index (κ2) is 3.86. The van der Waals surface area contributed by atoms with Crippen LogP contribution in [0, 0.1) is 0 Å². The van der Waals surface area contributed by atoms with Crippen LogP contribution in [-0.4, -0.2) is 0 Å². The molecule has 0 fully saturated rings. The topological polar surface area (TPSA) is 39.2 Å². The lowest BCUT2D eigenvalue weighted by Gasteiger charge is -2.04. The van der Waals surface area contributed by atoms with Gasteiger partial charge in [0, 0.05) is 17.1 Å². The third-order valence-corrected chi connectivity index (χ3v) is 2.31. The van der Waals surface area contributed by atoms with Crippen molar-refractivity contribution in [1.82, 2.24) is 0 Å². The van der Waals surface area contributed by atoms with Gasteiger partial charge in [-0.2, -0.15) is 0 Å². The van der Waals surface area contributed by atoms with Crippen LogP contribution in [0.3, 0.4) is 0 Å². The Morgan fingerprint density at radius 3 is 2.79 bits per heavy atom. The third kappa shape index (κ3) is 1.67. The lowest BCUT2D eigenvalue weighted by molar-refractivity contribution is 0.581. The molecular weight excluding hydrogens is 198 g/mol. The standard InChI is InChI=1S/C11H10ClNO/c12-9-3-4-10(8(6-9)7-13)11-2-1-5-14-11/h1-6H,7,13H2. The Balaban J connectivity index is 2.53. The van der Waals surface area contributed by atoms with E-state index in [2.05, 4.69) is 0 Å². The van der Waals surface area contributed by atoms with Gasteiger partial charge in [-0.3, -0.25) is 0 Å². The van der Waals surface area contributed by atoms with Crippen LogP contribution in [0.4, 0.5) is 0 Å². The molecule has 0 bridgehead atoms. The van der Waals surface area contributed by atoms with Crippen LogP contribution in [0.15, 0.2) is 41.0 Å². The second-order valence-corrected chi connectivity index (χ2v) is 3.42. The lowest BCUT2D eigenvalue weighted by Crippen LogP contribution is -1.98. The van der Waals surface area contributed by atoms with Crippen molar-refractivity contribution < 1.29 is 4.42 Å². The van der Waals surface area contributed by atoms with Gasteiger partial charge >= 0.3 is 0 Å². The molecule has 2 aromatic rings. The molecular formula is C11H10ClNO. The normalized spacial score (nSPS) is 10.4. The van der Waals surface area contributed by atoms with E-state index < -0.39 is 0 Å². The molecule has 0 unspecified atom stereocenters. The first-order valence-corrected chi connectivity index (χ1v) is 4.71. The van der Waals surface area contributed by atoms with E-state index in [1.54, 1.807) is 6.26 Å². The van der Waals surface area contributed by atoms with E-state index >= 15 is 0 Å². The molecule has 0 radical (unpaired) electrons. The summed E-state index contributed by atoms with van der Waals surface area (Å²) in [5.41, 5.74) is 7.62. The largest absolute Gasteiger partial charge is 0.464 e. The van der Waals surface area contributed by atoms with E-state index in [1.165, 1.54) is 0 Å². The van der Waals surface area contributed by atoms with Crippen molar-refractivity contribution in [3.8, 4) is 11.3 Å². The number of nitrogens with two attached hydrogens (primary N) is 1. The van der Waals surface area contributed by atoms with Gasteiger partial charge < -0.3 is 10.2 Å². The summed E-state index contributed by atoms with van der Waals surface area (Å²) in [6.07, 6.45) is 1.64. The van der Waals surface area contributed by atoms with Gasteiger partial charge in [-0.15, -0.1) is 0 Å². The maximum atomic E-state index is 5.87. The first kappa shape index (κ1) is 9.31. The van der Waals surface area contributed by atoms with Gasteiger partial charge in [0.1, 0.15) is 5.76 Å². The summed E-state index contributed by atoms with van der Waals surface area (Å²) in [4.78, 5) is 0. The van der Waals surface area contributed by atoms with Gasteiger partial charge in [0.05, 0.1) is 6.26 Å². The average Bonchev–Trinajstić information content (AvgIpc) is 2.70. The van der Waals surface area contributed by atoms with E-state index in [1.807, 2.05) is 30.3 Å². The number of furan rings is 1. The molecule has 1 aromatic heterocycles. The van der Waals surface area contributed by atoms with Gasteiger partial charge in [-0.25, -0.2) is 0 Å². The van der Waals surface area contributed by atoms with Crippen molar-refractivity contribution >= 4 is 11.6 Å². The molecule has 0 amide bonds. The zero-order valence-corrected chi connectivity index (χ0v) is 8.29. The first-order valence-electron chi connectivity index (χ1n) is 4.33. The lowest BCUT2D eigenvalue weighted by atomic mass is 10.1. The summed E-state index contributed by atoms with van der Waals surface area (Å²) in [7, 11) is 0. The molecule has 1 heterocycles. The highest BCUT2D eigenvalue weighted by Gasteiger charge is 2.06. The van der Waals surface area contributed by atoms with Crippen LogP contribution in [-0.2, 0) is 6.54 Å². The molecule has 0 saturated carbocycles. The summed E-state index contributed by atoms with van der Waals surface area (Å²) in [6.45, 7) is 0.455. The minimum absolute atomic E-state index is 0.455. The Bertz CT molecular complexity index is 423. The van der Waals surface area contributed by atoms with E-state index in [0.29, 0.717) is 11.6 Å². The molecule has 0 aliphatic carbocycles. The molecule has 0 aliphatic rings. The molecule has 0 aliphatic heterocycles. The highest BCUT2D eigenvalue weighted by Crippen LogP contribution is 2.26. The van der Waals surface area contributed by atoms with Crippen LogP contribution >= 0.6 is 11.6 Å². The van der Waals surface area contributed by atoms with Crippen LogP contribution < -0.4 is 5.73 Å². The molecule has 0 spiro atoms. The smallest absolute Gasteiger partial charge is 0.134 e. The van der Waals surface area contributed by atoms with E-state index in [4.69, 9.17) is 21.8 Å². The molecule has 72 valence electrons. The summed E-state index contributed by atoms with van der Waals surface area (Å²) in [5.74, 6) is 0.821. The van der Waals surface area contributed by atoms with Crippen LogP contribution in [0.1, 0.15) is 5.56 Å². The van der Waals surface area contributed by atoms with Crippen molar-refractivity contribution in [2.45, 2.75) is 6.54 Å². The Morgan fingerprint density at radius 2 is 2.14 bits per heavy atom. The zero-order chi connectivity index (χ0) is 9.97. The summed E-state index contributed by atoms with van der Waals surface area (Å²) >= 11 is 5.87. The zero-order valence-electron chi connectivity index (χ0n) is 7.53. The fourth-order valence-corrected chi connectivity index (χ4v) is 1.60. The van der Waals surface area contributed by atoms with E-state index in [-0.39, 0.29) is 0 Å². The van der Waals surface area contributed by atoms with Crippen molar-refractivity contribution in [3.63, 3.8) is 0 Å². The maximum absolute atomic E-state index is 5.87. The monoisotopic (exact) mass is 207 g/mol. The highest BCUT2D eigenvalue weighted by molar-refractivity contribution is 6.30. The maximum Gasteiger partial charge on any atom is 0.134 e. The molecule has 2 rings (SSSR count). The number of halogens is 1. The van der Waals surface area contributed by atoms with Gasteiger partial charge in [0.25, 0.3) is 0 Å². The molecule has 2 N–H and O–H groups in total. The quantitative estimate of drug-likeness (QED) is 0.822. The Morgan fingerprint density at radius 1 is 1.29 bits per heavy atom. The fourth-order valence-electron chi connectivity index (χ4n) is 1.40. The number of hydrogen-bond donors (Lipinski definition) is 1. The number of rotatable bonds is 2. The van der Waals surface area contributed by atoms with Crippen molar-refractivity contribution in [1.29, 1.82) is 0 Å². The SMILES string of the molecule is NCc1cc(Cl)ccc1-c1ccco1. The van der Waals surface area contributed by atoms with Gasteiger partial charge in [-0.1, -0.05) is 11.6 Å². The third-order valence-electron chi connectivity index (χ3n) is 2.07. The molecule has 14 heavy (non-hydrogen) atoms. The second-order valence-electron chi connectivity index (χ2n) is 2.98. The highest BCUT2D eigenvalue weighted by atomic mass is 35.5. The molecule has 0 atom stereocenters. The van der Waals surface area contributed by atoms with Gasteiger partial charge in [-0.05, 0) is 35.9 Å². The fraction of sp³-hybridized carbons (Fsp3) is 0.0909. The van der Waals surface area contributed by atoms with Crippen LogP contribution in [0.5, 0.6) is 0 Å². The summed E-state index contributed by atoms with van der Waals surface area (Å²) in [6, 6.07) is 9.37. The number of hydrogen-bond acceptors (Lipinski definition) is 2. The Labute approximate surface area is 87.3 Å². The first-order chi connectivity index (χ1) is 6.81. The number of benzene rings is 1. The van der Waals surface area contributed by atoms with Crippen molar-refractivity contribution in [3.05, 3.63) is 47.2 Å². The van der Waals surface area contributed by atoms with Crippen LogP contribution in [0.2, 0.25) is 5.02 Å². The van der Waals surface area contributed by atoms with Crippen molar-refractivity contribution in [2.24, 2.45) is 5.73 Å². The molecule has 3 heteroatoms. The minimum atomic E-state index is 0.455. The Hall–Kier alpha value is -1.25. The molecule has 1 aromatic carbocycles. The van der Waals surface area contributed by atoms with Crippen molar-refractivity contribution in [2.75, 3.05) is 0 Å². The van der Waals surface area contributed by atoms with Gasteiger partial charge in [0.15, 0.2) is 0 Å². The Kier molecular flexibility index (Phi) is 2.57. The van der Waals surface area contributed by atoms with Gasteiger partial charge in [0.2, 0.25) is 0 Å². The molecule has 2 nitrogen and oxygen atoms in total. The predicted molar refractivity (Wildman–Crippen MR) is 57.0 cm³/mol. The average molecular weight is 208 g/mol. The van der Waals surface area contributed by atoms with E-state index in [0.717, 1.165) is 16.9 Å². The van der Waals surface area contributed by atoms with E-state index in [9.17, 15) is 0 Å². The minimum Gasteiger partial charge on any atom is -0.464 e. The predicted octanol–water partition coefficient (Wildman–Crippen LogP) is 3.06. The summed E-state index contributed by atoms with van der Waals surface area (Å²) < 4.78 is 5.30. The van der Waals surface area contributed by atoms with Crippen LogP contribution in [0.25, 0.3) is 11.3 Å². The summed E-state index contributed by atoms with van der Waals surface area (Å²) in [5, 5.41) is 0.695.